The second kappa shape index (κ2) is 4.31. The molecule has 0 bridgehead atoms. The molecule has 2 aromatic heterocycles. The summed E-state index contributed by atoms with van der Waals surface area (Å²) in [5, 5.41) is 9.02. The molecule has 6 nitrogen and oxygen atoms in total. The lowest BCUT2D eigenvalue weighted by Crippen LogP contribution is -2.04. The van der Waals surface area contributed by atoms with Gasteiger partial charge in [-0.05, 0) is 6.92 Å². The van der Waals surface area contributed by atoms with Crippen LogP contribution in [0.2, 0.25) is 5.02 Å². The molecule has 17 heavy (non-hydrogen) atoms. The Hall–Kier alpha value is -1.66. The second-order valence-corrected chi connectivity index (χ2v) is 3.85. The monoisotopic (exact) mass is 255 g/mol. The fraction of sp³-hybridized carbons (Fsp3) is 0.300. The molecule has 0 saturated heterocycles. The number of carboxylic acids is 1. The maximum Gasteiger partial charge on any atom is 0.338 e. The van der Waals surface area contributed by atoms with Crippen LogP contribution in [-0.2, 0) is 11.5 Å². The average molecular weight is 256 g/mol. The fourth-order valence-electron chi connectivity index (χ4n) is 1.57. The molecule has 2 aromatic rings. The van der Waals surface area contributed by atoms with E-state index < -0.39 is 5.97 Å². The number of pyridine rings is 1. The number of fused-ring (bicyclic) bond motifs is 1. The van der Waals surface area contributed by atoms with Crippen molar-refractivity contribution in [3.63, 3.8) is 0 Å². The van der Waals surface area contributed by atoms with E-state index in [0.29, 0.717) is 17.0 Å². The van der Waals surface area contributed by atoms with E-state index in [2.05, 4.69) is 9.97 Å². The Morgan fingerprint density at radius 1 is 1.65 bits per heavy atom. The molecule has 2 rings (SSSR count). The van der Waals surface area contributed by atoms with Gasteiger partial charge in [-0.2, -0.15) is 0 Å². The number of aromatic carboxylic acids is 1. The first-order valence-electron chi connectivity index (χ1n) is 4.79. The van der Waals surface area contributed by atoms with E-state index >= 15 is 0 Å². The predicted molar refractivity (Wildman–Crippen MR) is 61.2 cm³/mol. The van der Waals surface area contributed by atoms with E-state index in [1.165, 1.54) is 6.20 Å². The number of ether oxygens (including phenoxy) is 1. The van der Waals surface area contributed by atoms with Crippen molar-refractivity contribution in [2.75, 3.05) is 7.11 Å². The third-order valence-electron chi connectivity index (χ3n) is 2.38. The lowest BCUT2D eigenvalue weighted by molar-refractivity contribution is 0.0697. The molecular weight excluding hydrogens is 246 g/mol. The number of hydrogen-bond acceptors (Lipinski definition) is 4. The first-order valence-corrected chi connectivity index (χ1v) is 5.17. The number of carbonyl (C=O) groups is 1. The normalized spacial score (nSPS) is 11.0. The van der Waals surface area contributed by atoms with Gasteiger partial charge in [0.1, 0.15) is 18.1 Å². The number of aryl methyl sites for hydroxylation is 1. The fourth-order valence-corrected chi connectivity index (χ4v) is 1.83. The highest BCUT2D eigenvalue weighted by atomic mass is 35.5. The lowest BCUT2D eigenvalue weighted by Gasteiger charge is -2.04. The third kappa shape index (κ3) is 1.85. The summed E-state index contributed by atoms with van der Waals surface area (Å²) >= 11 is 5.98. The van der Waals surface area contributed by atoms with E-state index in [1.807, 2.05) is 0 Å². The van der Waals surface area contributed by atoms with E-state index in [-0.39, 0.29) is 17.3 Å². The molecule has 1 N–H and O–H groups in total. The highest BCUT2D eigenvalue weighted by molar-refractivity contribution is 6.37. The van der Waals surface area contributed by atoms with Crippen LogP contribution in [0.25, 0.3) is 11.2 Å². The number of carboxylic acid groups (broad SMARTS) is 1. The topological polar surface area (TPSA) is 77.2 Å². The predicted octanol–water partition coefficient (Wildman–Crippen LogP) is 1.70. The maximum absolute atomic E-state index is 10.9. The summed E-state index contributed by atoms with van der Waals surface area (Å²) in [6, 6.07) is 0. The molecule has 0 fully saturated rings. The van der Waals surface area contributed by atoms with Gasteiger partial charge in [0.15, 0.2) is 5.65 Å². The minimum absolute atomic E-state index is 0.0544. The molecule has 2 heterocycles. The number of nitrogens with zero attached hydrogens (tertiary/aromatic N) is 3. The number of halogens is 1. The summed E-state index contributed by atoms with van der Waals surface area (Å²) in [7, 11) is 1.55. The van der Waals surface area contributed by atoms with Gasteiger partial charge in [0.05, 0.1) is 10.6 Å². The lowest BCUT2D eigenvalue weighted by atomic mass is 10.3. The quantitative estimate of drug-likeness (QED) is 0.903. The molecule has 0 unspecified atom stereocenters. The third-order valence-corrected chi connectivity index (χ3v) is 2.76. The number of methoxy groups -OCH3 is 1. The molecule has 0 atom stereocenters. The van der Waals surface area contributed by atoms with Gasteiger partial charge < -0.3 is 9.84 Å². The Bertz CT molecular complexity index is 594. The molecule has 0 aliphatic heterocycles. The van der Waals surface area contributed by atoms with Crippen molar-refractivity contribution >= 4 is 28.7 Å². The maximum atomic E-state index is 10.9. The highest BCUT2D eigenvalue weighted by Gasteiger charge is 2.17. The van der Waals surface area contributed by atoms with E-state index in [9.17, 15) is 4.79 Å². The number of hydrogen-bond donors (Lipinski definition) is 1. The zero-order chi connectivity index (χ0) is 12.6. The van der Waals surface area contributed by atoms with Crippen molar-refractivity contribution < 1.29 is 14.6 Å². The summed E-state index contributed by atoms with van der Waals surface area (Å²) in [5.74, 6) is -0.456. The summed E-state index contributed by atoms with van der Waals surface area (Å²) < 4.78 is 6.73. The van der Waals surface area contributed by atoms with Gasteiger partial charge >= 0.3 is 5.97 Å². The molecule has 90 valence electrons. The molecule has 0 amide bonds. The van der Waals surface area contributed by atoms with Gasteiger partial charge in [-0.1, -0.05) is 11.6 Å². The smallest absolute Gasteiger partial charge is 0.338 e. The van der Waals surface area contributed by atoms with E-state index in [4.69, 9.17) is 21.4 Å². The standard InChI is InChI=1S/C10H10ClN3O3/c1-5-13-8-7(11)6(10(15)16)3-12-9(8)14(5)4-17-2/h3H,4H2,1-2H3,(H,15,16). The van der Waals surface area contributed by atoms with Gasteiger partial charge in [0, 0.05) is 13.3 Å². The molecule has 0 aliphatic rings. The molecular formula is C10H10ClN3O3. The van der Waals surface area contributed by atoms with Gasteiger partial charge in [0.25, 0.3) is 0 Å². The minimum atomic E-state index is -1.12. The van der Waals surface area contributed by atoms with Crippen molar-refractivity contribution in [1.29, 1.82) is 0 Å². The van der Waals surface area contributed by atoms with Crippen LogP contribution in [0, 0.1) is 6.92 Å². The number of aromatic nitrogens is 3. The Kier molecular flexibility index (Phi) is 2.99. The molecule has 0 radical (unpaired) electrons. The number of imidazole rings is 1. The van der Waals surface area contributed by atoms with Gasteiger partial charge in [-0.15, -0.1) is 0 Å². The Morgan fingerprint density at radius 3 is 2.94 bits per heavy atom. The molecule has 7 heteroatoms. The average Bonchev–Trinajstić information content (AvgIpc) is 2.58. The summed E-state index contributed by atoms with van der Waals surface area (Å²) in [4.78, 5) is 19.2. The second-order valence-electron chi connectivity index (χ2n) is 3.47. The zero-order valence-electron chi connectivity index (χ0n) is 9.27. The van der Waals surface area contributed by atoms with Crippen LogP contribution in [0.1, 0.15) is 16.2 Å². The van der Waals surface area contributed by atoms with Crippen molar-refractivity contribution in [3.8, 4) is 0 Å². The van der Waals surface area contributed by atoms with Crippen LogP contribution in [0.4, 0.5) is 0 Å². The highest BCUT2D eigenvalue weighted by Crippen LogP contribution is 2.25. The molecule has 0 spiro atoms. The van der Waals surface area contributed by atoms with E-state index in [1.54, 1.807) is 18.6 Å². The van der Waals surface area contributed by atoms with Crippen LogP contribution in [-0.4, -0.2) is 32.7 Å². The Labute approximate surface area is 102 Å². The van der Waals surface area contributed by atoms with Crippen LogP contribution >= 0.6 is 11.6 Å². The summed E-state index contributed by atoms with van der Waals surface area (Å²) in [5.41, 5.74) is 0.835. The van der Waals surface area contributed by atoms with Crippen LogP contribution in [0.5, 0.6) is 0 Å². The molecule has 0 aliphatic carbocycles. The largest absolute Gasteiger partial charge is 0.478 e. The van der Waals surface area contributed by atoms with Crippen molar-refractivity contribution in [2.24, 2.45) is 0 Å². The van der Waals surface area contributed by atoms with Crippen molar-refractivity contribution in [1.82, 2.24) is 14.5 Å². The van der Waals surface area contributed by atoms with Crippen LogP contribution in [0.15, 0.2) is 6.20 Å². The van der Waals surface area contributed by atoms with Crippen LogP contribution in [0.3, 0.4) is 0 Å². The van der Waals surface area contributed by atoms with Crippen molar-refractivity contribution in [2.45, 2.75) is 13.7 Å². The minimum Gasteiger partial charge on any atom is -0.478 e. The first-order chi connectivity index (χ1) is 8.06. The molecule has 0 aromatic carbocycles. The summed E-state index contributed by atoms with van der Waals surface area (Å²) in [6.07, 6.45) is 1.22. The van der Waals surface area contributed by atoms with Gasteiger partial charge in [0.2, 0.25) is 0 Å². The molecule has 0 saturated carbocycles. The first kappa shape index (κ1) is 11.8. The van der Waals surface area contributed by atoms with Crippen LogP contribution < -0.4 is 0 Å². The van der Waals surface area contributed by atoms with Gasteiger partial charge in [-0.25, -0.2) is 14.8 Å². The van der Waals surface area contributed by atoms with E-state index in [0.717, 1.165) is 0 Å². The summed E-state index contributed by atoms with van der Waals surface area (Å²) in [6.45, 7) is 2.07. The van der Waals surface area contributed by atoms with Gasteiger partial charge in [-0.3, -0.25) is 4.57 Å². The SMILES string of the molecule is COCn1c(C)nc2c(Cl)c(C(=O)O)cnc21. The Morgan fingerprint density at radius 2 is 2.35 bits per heavy atom. The number of rotatable bonds is 3. The van der Waals surface area contributed by atoms with Crippen molar-refractivity contribution in [3.05, 3.63) is 22.6 Å². The Balaban J connectivity index is 2.72. The zero-order valence-corrected chi connectivity index (χ0v) is 10.0.